The predicted octanol–water partition coefficient (Wildman–Crippen LogP) is 2.51. The zero-order valence-electron chi connectivity index (χ0n) is 10.3. The number of benzene rings is 1. The lowest BCUT2D eigenvalue weighted by Crippen LogP contribution is -2.19. The van der Waals surface area contributed by atoms with Crippen molar-refractivity contribution < 1.29 is 9.47 Å². The van der Waals surface area contributed by atoms with Crippen LogP contribution in [0.2, 0.25) is 0 Å². The first-order valence-corrected chi connectivity index (χ1v) is 5.73. The lowest BCUT2D eigenvalue weighted by Gasteiger charge is -2.15. The van der Waals surface area contributed by atoms with E-state index >= 15 is 0 Å². The quantitative estimate of drug-likeness (QED) is 0.806. The molecule has 0 aliphatic carbocycles. The van der Waals surface area contributed by atoms with E-state index < -0.39 is 0 Å². The Bertz CT molecular complexity index is 295. The van der Waals surface area contributed by atoms with Crippen LogP contribution >= 0.6 is 0 Å². The van der Waals surface area contributed by atoms with Crippen molar-refractivity contribution in [3.8, 4) is 5.75 Å². The second-order valence-electron chi connectivity index (χ2n) is 3.99. The van der Waals surface area contributed by atoms with Crippen molar-refractivity contribution >= 4 is 0 Å². The van der Waals surface area contributed by atoms with Crippen LogP contribution in [0.1, 0.15) is 32.4 Å². The van der Waals surface area contributed by atoms with Gasteiger partial charge in [0, 0.05) is 0 Å². The van der Waals surface area contributed by atoms with Crippen molar-refractivity contribution in [1.82, 2.24) is 0 Å². The summed E-state index contributed by atoms with van der Waals surface area (Å²) in [6.07, 6.45) is 0.216. The van der Waals surface area contributed by atoms with E-state index in [4.69, 9.17) is 15.2 Å². The molecule has 16 heavy (non-hydrogen) atoms. The molecular weight excluding hydrogens is 202 g/mol. The zero-order valence-corrected chi connectivity index (χ0v) is 10.3. The van der Waals surface area contributed by atoms with Gasteiger partial charge in [-0.2, -0.15) is 0 Å². The topological polar surface area (TPSA) is 44.5 Å². The monoisotopic (exact) mass is 223 g/mol. The maximum absolute atomic E-state index is 6.00. The minimum atomic E-state index is -0.0712. The summed E-state index contributed by atoms with van der Waals surface area (Å²) in [5.41, 5.74) is 7.07. The van der Waals surface area contributed by atoms with Gasteiger partial charge < -0.3 is 15.2 Å². The number of hydrogen-bond acceptors (Lipinski definition) is 3. The normalized spacial score (nSPS) is 12.8. The van der Waals surface area contributed by atoms with Gasteiger partial charge in [0.1, 0.15) is 5.75 Å². The Morgan fingerprint density at radius 3 is 2.31 bits per heavy atom. The summed E-state index contributed by atoms with van der Waals surface area (Å²) in [4.78, 5) is 0. The van der Waals surface area contributed by atoms with Crippen LogP contribution < -0.4 is 10.5 Å². The van der Waals surface area contributed by atoms with Gasteiger partial charge in [0.15, 0.2) is 0 Å². The molecule has 3 nitrogen and oxygen atoms in total. The van der Waals surface area contributed by atoms with Crippen LogP contribution in [-0.2, 0) is 4.74 Å². The van der Waals surface area contributed by atoms with Crippen LogP contribution in [0.5, 0.6) is 5.75 Å². The Morgan fingerprint density at radius 2 is 1.81 bits per heavy atom. The van der Waals surface area contributed by atoms with Crippen LogP contribution in [0.15, 0.2) is 24.3 Å². The van der Waals surface area contributed by atoms with Gasteiger partial charge in [-0.15, -0.1) is 0 Å². The molecule has 90 valence electrons. The highest BCUT2D eigenvalue weighted by Gasteiger charge is 2.07. The molecule has 1 aromatic rings. The van der Waals surface area contributed by atoms with Crippen LogP contribution in [0.4, 0.5) is 0 Å². The maximum Gasteiger partial charge on any atom is 0.119 e. The summed E-state index contributed by atoms with van der Waals surface area (Å²) in [5.74, 6) is 0.878. The fourth-order valence-electron chi connectivity index (χ4n) is 1.37. The molecule has 0 saturated carbocycles. The van der Waals surface area contributed by atoms with E-state index in [9.17, 15) is 0 Å². The third kappa shape index (κ3) is 4.21. The number of hydrogen-bond donors (Lipinski definition) is 1. The number of rotatable bonds is 6. The fraction of sp³-hybridized carbons (Fsp3) is 0.538. The molecule has 0 aliphatic rings. The summed E-state index contributed by atoms with van der Waals surface area (Å²) in [6.45, 7) is 7.21. The predicted molar refractivity (Wildman–Crippen MR) is 65.6 cm³/mol. The molecule has 0 bridgehead atoms. The highest BCUT2D eigenvalue weighted by Crippen LogP contribution is 2.16. The van der Waals surface area contributed by atoms with Gasteiger partial charge in [0.2, 0.25) is 0 Å². The maximum atomic E-state index is 6.00. The summed E-state index contributed by atoms with van der Waals surface area (Å²) in [7, 11) is 0. The number of nitrogens with two attached hydrogens (primary N) is 1. The smallest absolute Gasteiger partial charge is 0.119 e. The van der Waals surface area contributed by atoms with Gasteiger partial charge in [-0.3, -0.25) is 0 Å². The molecule has 0 heterocycles. The summed E-state index contributed by atoms with van der Waals surface area (Å²) in [5, 5.41) is 0. The minimum absolute atomic E-state index is 0.0712. The van der Waals surface area contributed by atoms with Gasteiger partial charge >= 0.3 is 0 Å². The minimum Gasteiger partial charge on any atom is -0.494 e. The number of ether oxygens (including phenoxy) is 2. The highest BCUT2D eigenvalue weighted by molar-refractivity contribution is 5.29. The highest BCUT2D eigenvalue weighted by atomic mass is 16.5. The third-order valence-corrected chi connectivity index (χ3v) is 2.23. The molecule has 0 radical (unpaired) electrons. The second-order valence-corrected chi connectivity index (χ2v) is 3.99. The molecule has 0 aromatic heterocycles. The molecule has 0 fully saturated rings. The molecule has 2 N–H and O–H groups in total. The Kier molecular flexibility index (Phi) is 5.29. The molecular formula is C13H21NO2. The molecule has 0 amide bonds. The van der Waals surface area contributed by atoms with Crippen molar-refractivity contribution in [2.45, 2.75) is 32.9 Å². The standard InChI is InChI=1S/C13H21NO2/c1-4-15-12-7-5-11(6-8-12)13(14)9-16-10(2)3/h5-8,10,13H,4,9,14H2,1-3H3. The average Bonchev–Trinajstić information content (AvgIpc) is 2.27. The van der Waals surface area contributed by atoms with Gasteiger partial charge in [-0.25, -0.2) is 0 Å². The lowest BCUT2D eigenvalue weighted by molar-refractivity contribution is 0.0683. The van der Waals surface area contributed by atoms with Crippen LogP contribution in [-0.4, -0.2) is 19.3 Å². The Hall–Kier alpha value is -1.06. The summed E-state index contributed by atoms with van der Waals surface area (Å²) in [6, 6.07) is 7.78. The molecule has 0 saturated heterocycles. The largest absolute Gasteiger partial charge is 0.494 e. The van der Waals surface area contributed by atoms with Crippen molar-refractivity contribution in [3.05, 3.63) is 29.8 Å². The van der Waals surface area contributed by atoms with E-state index in [0.29, 0.717) is 13.2 Å². The van der Waals surface area contributed by atoms with Gasteiger partial charge in [-0.1, -0.05) is 12.1 Å². The van der Waals surface area contributed by atoms with Crippen molar-refractivity contribution in [1.29, 1.82) is 0 Å². The first-order valence-electron chi connectivity index (χ1n) is 5.73. The van der Waals surface area contributed by atoms with E-state index in [0.717, 1.165) is 11.3 Å². The Morgan fingerprint density at radius 1 is 1.19 bits per heavy atom. The molecule has 1 atom stereocenters. The Balaban J connectivity index is 2.52. The fourth-order valence-corrected chi connectivity index (χ4v) is 1.37. The zero-order chi connectivity index (χ0) is 12.0. The molecule has 1 rings (SSSR count). The van der Waals surface area contributed by atoms with E-state index in [-0.39, 0.29) is 12.1 Å². The van der Waals surface area contributed by atoms with Crippen LogP contribution in [0, 0.1) is 0 Å². The van der Waals surface area contributed by atoms with Crippen LogP contribution in [0.25, 0.3) is 0 Å². The van der Waals surface area contributed by atoms with Crippen molar-refractivity contribution in [2.75, 3.05) is 13.2 Å². The van der Waals surface area contributed by atoms with E-state index in [1.165, 1.54) is 0 Å². The van der Waals surface area contributed by atoms with Crippen LogP contribution in [0.3, 0.4) is 0 Å². The summed E-state index contributed by atoms with van der Waals surface area (Å²) < 4.78 is 10.8. The van der Waals surface area contributed by atoms with E-state index in [1.807, 2.05) is 45.0 Å². The van der Waals surface area contributed by atoms with Gasteiger partial charge in [0.25, 0.3) is 0 Å². The Labute approximate surface area is 97.6 Å². The van der Waals surface area contributed by atoms with Gasteiger partial charge in [0.05, 0.1) is 25.4 Å². The van der Waals surface area contributed by atoms with E-state index in [2.05, 4.69) is 0 Å². The average molecular weight is 223 g/mol. The molecule has 1 aromatic carbocycles. The molecule has 3 heteroatoms. The van der Waals surface area contributed by atoms with Crippen molar-refractivity contribution in [3.63, 3.8) is 0 Å². The first-order chi connectivity index (χ1) is 7.63. The third-order valence-electron chi connectivity index (χ3n) is 2.23. The van der Waals surface area contributed by atoms with Crippen molar-refractivity contribution in [2.24, 2.45) is 5.73 Å². The molecule has 0 aliphatic heterocycles. The first kappa shape index (κ1) is 13.0. The molecule has 1 unspecified atom stereocenters. The molecule has 0 spiro atoms. The second kappa shape index (κ2) is 6.51. The van der Waals surface area contributed by atoms with E-state index in [1.54, 1.807) is 0 Å². The lowest BCUT2D eigenvalue weighted by atomic mass is 10.1. The SMILES string of the molecule is CCOc1ccc(C(N)COC(C)C)cc1. The summed E-state index contributed by atoms with van der Waals surface area (Å²) >= 11 is 0. The van der Waals surface area contributed by atoms with Gasteiger partial charge in [-0.05, 0) is 38.5 Å².